The molecular weight excluding hydrogens is 282 g/mol. The van der Waals surface area contributed by atoms with Crippen LogP contribution in [0.15, 0.2) is 0 Å². The number of hydrogen-bond acceptors (Lipinski definition) is 4. The molecule has 0 aromatic carbocycles. The Bertz CT molecular complexity index is 567. The first-order chi connectivity index (χ1) is 10.3. The topological polar surface area (TPSA) is 64.9 Å². The maximum Gasteiger partial charge on any atom is 0.242 e. The predicted molar refractivity (Wildman–Crippen MR) is 84.6 cm³/mol. The van der Waals surface area contributed by atoms with Gasteiger partial charge in [-0.15, -0.1) is 11.3 Å². The number of amides is 1. The van der Waals surface area contributed by atoms with Crippen molar-refractivity contribution < 1.29 is 4.79 Å². The molecule has 21 heavy (non-hydrogen) atoms. The van der Waals surface area contributed by atoms with Crippen LogP contribution in [0, 0.1) is 11.3 Å². The molecule has 1 atom stereocenters. The van der Waals surface area contributed by atoms with Crippen molar-refractivity contribution in [3.05, 3.63) is 16.0 Å². The van der Waals surface area contributed by atoms with Crippen molar-refractivity contribution in [1.82, 2.24) is 5.32 Å². The normalized spacial score (nSPS) is 22.0. The first-order valence-corrected chi connectivity index (χ1v) is 8.70. The molecule has 2 aliphatic rings. The van der Waals surface area contributed by atoms with Crippen molar-refractivity contribution in [1.29, 1.82) is 5.26 Å². The van der Waals surface area contributed by atoms with Gasteiger partial charge in [0.15, 0.2) is 0 Å². The molecule has 2 N–H and O–H groups in total. The number of fused-ring (bicyclic) bond motifs is 1. The van der Waals surface area contributed by atoms with E-state index in [1.54, 1.807) is 11.3 Å². The monoisotopic (exact) mass is 303 g/mol. The van der Waals surface area contributed by atoms with E-state index in [0.717, 1.165) is 50.1 Å². The van der Waals surface area contributed by atoms with Gasteiger partial charge in [-0.1, -0.05) is 12.8 Å². The average molecular weight is 303 g/mol. The van der Waals surface area contributed by atoms with Crippen molar-refractivity contribution in [2.75, 3.05) is 11.9 Å². The summed E-state index contributed by atoms with van der Waals surface area (Å²) in [5, 5.41) is 16.5. The predicted octanol–water partition coefficient (Wildman–Crippen LogP) is 2.97. The molecule has 1 aliphatic carbocycles. The molecule has 112 valence electrons. The zero-order valence-electron chi connectivity index (χ0n) is 12.2. The summed E-state index contributed by atoms with van der Waals surface area (Å²) in [6, 6.07) is 2.21. The molecule has 1 aliphatic heterocycles. The third kappa shape index (κ3) is 3.12. The lowest BCUT2D eigenvalue weighted by Crippen LogP contribution is -2.43. The summed E-state index contributed by atoms with van der Waals surface area (Å²) in [5.74, 6) is 0.0163. The van der Waals surface area contributed by atoms with Crippen LogP contribution in [0.3, 0.4) is 0 Å². The SMILES string of the molecule is N#Cc1c(NC(=O)[C@@H]2CCCCN2)sc2c1CCCCC2. The van der Waals surface area contributed by atoms with E-state index in [4.69, 9.17) is 0 Å². The third-order valence-electron chi connectivity index (χ3n) is 4.40. The third-order valence-corrected chi connectivity index (χ3v) is 5.60. The van der Waals surface area contributed by atoms with Crippen molar-refractivity contribution in [3.8, 4) is 6.07 Å². The van der Waals surface area contributed by atoms with Crippen LogP contribution in [0.5, 0.6) is 0 Å². The second kappa shape index (κ2) is 6.59. The van der Waals surface area contributed by atoms with E-state index < -0.39 is 0 Å². The zero-order valence-corrected chi connectivity index (χ0v) is 13.0. The number of nitriles is 1. The van der Waals surface area contributed by atoms with Crippen LogP contribution in [0.1, 0.15) is 54.5 Å². The van der Waals surface area contributed by atoms with Gasteiger partial charge in [0.25, 0.3) is 0 Å². The summed E-state index contributed by atoms with van der Waals surface area (Å²) in [6.45, 7) is 0.907. The first kappa shape index (κ1) is 14.6. The Labute approximate surface area is 129 Å². The fraction of sp³-hybridized carbons (Fsp3) is 0.625. The Hall–Kier alpha value is -1.38. The highest BCUT2D eigenvalue weighted by Crippen LogP contribution is 2.37. The van der Waals surface area contributed by atoms with Crippen LogP contribution >= 0.6 is 11.3 Å². The average Bonchev–Trinajstić information content (AvgIpc) is 2.68. The Kier molecular flexibility index (Phi) is 4.57. The molecule has 0 bridgehead atoms. The highest BCUT2D eigenvalue weighted by atomic mass is 32.1. The number of aryl methyl sites for hydroxylation is 1. The summed E-state index contributed by atoms with van der Waals surface area (Å²) in [7, 11) is 0. The lowest BCUT2D eigenvalue weighted by Gasteiger charge is -2.22. The highest BCUT2D eigenvalue weighted by molar-refractivity contribution is 7.16. The summed E-state index contributed by atoms with van der Waals surface area (Å²) >= 11 is 1.61. The molecule has 1 aromatic rings. The molecule has 1 saturated heterocycles. The van der Waals surface area contributed by atoms with Crippen molar-refractivity contribution in [2.45, 2.75) is 57.4 Å². The van der Waals surface area contributed by atoms with Gasteiger partial charge >= 0.3 is 0 Å². The van der Waals surface area contributed by atoms with E-state index >= 15 is 0 Å². The van der Waals surface area contributed by atoms with Crippen molar-refractivity contribution in [2.24, 2.45) is 0 Å². The van der Waals surface area contributed by atoms with Crippen molar-refractivity contribution >= 4 is 22.2 Å². The summed E-state index contributed by atoms with van der Waals surface area (Å²) in [6.07, 6.45) is 8.72. The number of hydrogen-bond donors (Lipinski definition) is 2. The van der Waals surface area contributed by atoms with E-state index in [0.29, 0.717) is 5.56 Å². The molecular formula is C16H21N3OS. The van der Waals surface area contributed by atoms with E-state index in [2.05, 4.69) is 16.7 Å². The van der Waals surface area contributed by atoms with E-state index in [-0.39, 0.29) is 11.9 Å². The van der Waals surface area contributed by atoms with Gasteiger partial charge in [-0.3, -0.25) is 4.79 Å². The van der Waals surface area contributed by atoms with Crippen LogP contribution in [-0.2, 0) is 17.6 Å². The van der Waals surface area contributed by atoms with Gasteiger partial charge in [0.2, 0.25) is 5.91 Å². The molecule has 0 unspecified atom stereocenters. The highest BCUT2D eigenvalue weighted by Gasteiger charge is 2.25. The Morgan fingerprint density at radius 2 is 2.10 bits per heavy atom. The first-order valence-electron chi connectivity index (χ1n) is 7.88. The Morgan fingerprint density at radius 3 is 2.86 bits per heavy atom. The molecule has 3 rings (SSSR count). The minimum Gasteiger partial charge on any atom is -0.315 e. The standard InChI is InChI=1S/C16H21N3OS/c17-10-12-11-6-2-1-3-8-14(11)21-16(12)19-15(20)13-7-4-5-9-18-13/h13,18H,1-9H2,(H,19,20)/t13-/m0/s1. The lowest BCUT2D eigenvalue weighted by molar-refractivity contribution is -0.118. The number of nitrogens with zero attached hydrogens (tertiary/aromatic N) is 1. The fourth-order valence-corrected chi connectivity index (χ4v) is 4.47. The molecule has 2 heterocycles. The minimum atomic E-state index is -0.104. The molecule has 1 amide bonds. The van der Waals surface area contributed by atoms with Crippen molar-refractivity contribution in [3.63, 3.8) is 0 Å². The Morgan fingerprint density at radius 1 is 1.24 bits per heavy atom. The van der Waals surface area contributed by atoms with Gasteiger partial charge in [-0.2, -0.15) is 5.26 Å². The maximum atomic E-state index is 12.3. The van der Waals surface area contributed by atoms with E-state index in [1.807, 2.05) is 0 Å². The molecule has 0 spiro atoms. The quantitative estimate of drug-likeness (QED) is 0.826. The number of carbonyl (C=O) groups excluding carboxylic acids is 1. The number of carbonyl (C=O) groups is 1. The maximum absolute atomic E-state index is 12.3. The van der Waals surface area contributed by atoms with Gasteiger partial charge in [-0.25, -0.2) is 0 Å². The number of anilines is 1. The number of thiophene rings is 1. The molecule has 0 radical (unpaired) electrons. The molecule has 4 nitrogen and oxygen atoms in total. The van der Waals surface area contributed by atoms with E-state index in [1.165, 1.54) is 23.3 Å². The molecule has 1 fully saturated rings. The smallest absolute Gasteiger partial charge is 0.242 e. The van der Waals surface area contributed by atoms with Crippen LogP contribution in [0.4, 0.5) is 5.00 Å². The molecule has 1 aromatic heterocycles. The largest absolute Gasteiger partial charge is 0.315 e. The number of rotatable bonds is 2. The lowest BCUT2D eigenvalue weighted by atomic mass is 10.0. The Balaban J connectivity index is 1.79. The van der Waals surface area contributed by atoms with Crippen LogP contribution in [-0.4, -0.2) is 18.5 Å². The van der Waals surface area contributed by atoms with Gasteiger partial charge in [0.1, 0.15) is 11.1 Å². The second-order valence-corrected chi connectivity index (χ2v) is 6.98. The van der Waals surface area contributed by atoms with Gasteiger partial charge in [0.05, 0.1) is 11.6 Å². The van der Waals surface area contributed by atoms with Gasteiger partial charge < -0.3 is 10.6 Å². The zero-order chi connectivity index (χ0) is 14.7. The van der Waals surface area contributed by atoms with Crippen LogP contribution in [0.25, 0.3) is 0 Å². The second-order valence-electron chi connectivity index (χ2n) is 5.87. The van der Waals surface area contributed by atoms with E-state index in [9.17, 15) is 10.1 Å². The summed E-state index contributed by atoms with van der Waals surface area (Å²) in [4.78, 5) is 13.6. The molecule has 5 heteroatoms. The molecule has 0 saturated carbocycles. The van der Waals surface area contributed by atoms with Crippen LogP contribution < -0.4 is 10.6 Å². The van der Waals surface area contributed by atoms with Gasteiger partial charge in [0, 0.05) is 4.88 Å². The number of piperidine rings is 1. The minimum absolute atomic E-state index is 0.0163. The number of nitrogens with one attached hydrogen (secondary N) is 2. The van der Waals surface area contributed by atoms with Crippen LogP contribution in [0.2, 0.25) is 0 Å². The summed E-state index contributed by atoms with van der Waals surface area (Å²) in [5.41, 5.74) is 1.90. The fourth-order valence-electron chi connectivity index (χ4n) is 3.22. The summed E-state index contributed by atoms with van der Waals surface area (Å²) < 4.78 is 0. The van der Waals surface area contributed by atoms with Gasteiger partial charge in [-0.05, 0) is 50.6 Å².